The molecule has 1 N–H and O–H groups in total. The maximum absolute atomic E-state index is 12.5. The van der Waals surface area contributed by atoms with E-state index in [2.05, 4.69) is 20.2 Å². The highest BCUT2D eigenvalue weighted by Crippen LogP contribution is 2.28. The van der Waals surface area contributed by atoms with E-state index in [0.29, 0.717) is 18.0 Å². The number of carbonyl (C=O) groups is 1. The highest BCUT2D eigenvalue weighted by atomic mass is 32.1. The molecule has 0 aromatic carbocycles. The number of hydrogen-bond acceptors (Lipinski definition) is 5. The molecule has 2 aromatic heterocycles. The number of fused-ring (bicyclic) bond motifs is 1. The third kappa shape index (κ3) is 8.27. The SMILES string of the molecule is Cc1ncc(CC(=O)N[C@H]2CC[C@H](CCN3CCc4ccc(CCC(F)(F)F)nc4CC3)CC2)s1. The summed E-state index contributed by atoms with van der Waals surface area (Å²) in [5.74, 6) is 0.779. The third-order valence-electron chi connectivity index (χ3n) is 7.22. The second kappa shape index (κ2) is 11.8. The minimum Gasteiger partial charge on any atom is -0.353 e. The van der Waals surface area contributed by atoms with Crippen LogP contribution in [0.3, 0.4) is 0 Å². The molecule has 1 fully saturated rings. The van der Waals surface area contributed by atoms with E-state index in [4.69, 9.17) is 0 Å². The van der Waals surface area contributed by atoms with Crippen LogP contribution in [0.2, 0.25) is 0 Å². The van der Waals surface area contributed by atoms with Crippen LogP contribution in [0.4, 0.5) is 13.2 Å². The lowest BCUT2D eigenvalue weighted by Crippen LogP contribution is -2.38. The van der Waals surface area contributed by atoms with Gasteiger partial charge in [-0.2, -0.15) is 13.2 Å². The number of nitrogens with zero attached hydrogens (tertiary/aromatic N) is 3. The van der Waals surface area contributed by atoms with Crippen molar-refractivity contribution < 1.29 is 18.0 Å². The van der Waals surface area contributed by atoms with Crippen molar-refractivity contribution >= 4 is 17.2 Å². The largest absolute Gasteiger partial charge is 0.389 e. The molecule has 1 saturated carbocycles. The van der Waals surface area contributed by atoms with Crippen LogP contribution in [0.25, 0.3) is 0 Å². The Morgan fingerprint density at radius 3 is 2.66 bits per heavy atom. The van der Waals surface area contributed by atoms with Gasteiger partial charge in [-0.3, -0.25) is 9.78 Å². The van der Waals surface area contributed by atoms with E-state index in [1.807, 2.05) is 13.0 Å². The van der Waals surface area contributed by atoms with Crippen molar-refractivity contribution in [3.05, 3.63) is 45.2 Å². The Bertz CT molecular complexity index is 985. The fourth-order valence-electron chi connectivity index (χ4n) is 5.19. The molecular weight excluding hydrogens is 473 g/mol. The molecule has 0 spiro atoms. The topological polar surface area (TPSA) is 58.1 Å². The summed E-state index contributed by atoms with van der Waals surface area (Å²) in [4.78, 5) is 24.6. The highest BCUT2D eigenvalue weighted by molar-refractivity contribution is 7.11. The van der Waals surface area contributed by atoms with E-state index in [1.165, 1.54) is 5.56 Å². The minimum atomic E-state index is -4.14. The molecule has 9 heteroatoms. The van der Waals surface area contributed by atoms with Crippen LogP contribution in [-0.4, -0.2) is 52.6 Å². The molecule has 0 bridgehead atoms. The van der Waals surface area contributed by atoms with E-state index in [0.717, 1.165) is 80.2 Å². The van der Waals surface area contributed by atoms with Gasteiger partial charge in [0, 0.05) is 54.4 Å². The van der Waals surface area contributed by atoms with Gasteiger partial charge in [0.25, 0.3) is 0 Å². The van der Waals surface area contributed by atoms with Crippen molar-refractivity contribution in [2.24, 2.45) is 5.92 Å². The van der Waals surface area contributed by atoms with Crippen LogP contribution in [-0.2, 0) is 30.5 Å². The number of rotatable bonds is 8. The molecule has 192 valence electrons. The average Bonchev–Trinajstić information content (AvgIpc) is 3.10. The second-order valence-corrected chi connectivity index (χ2v) is 11.3. The third-order valence-corrected chi connectivity index (χ3v) is 8.14. The van der Waals surface area contributed by atoms with Gasteiger partial charge in [0.1, 0.15) is 0 Å². The number of pyridine rings is 1. The Kier molecular flexibility index (Phi) is 8.81. The van der Waals surface area contributed by atoms with Gasteiger partial charge < -0.3 is 10.2 Å². The van der Waals surface area contributed by atoms with Gasteiger partial charge in [0.2, 0.25) is 5.91 Å². The first kappa shape index (κ1) is 26.1. The number of carbonyl (C=O) groups excluding carboxylic acids is 1. The Labute approximate surface area is 209 Å². The van der Waals surface area contributed by atoms with Crippen LogP contribution in [0, 0.1) is 12.8 Å². The zero-order valence-corrected chi connectivity index (χ0v) is 21.2. The van der Waals surface area contributed by atoms with Gasteiger partial charge in [-0.15, -0.1) is 11.3 Å². The van der Waals surface area contributed by atoms with Crippen molar-refractivity contribution in [3.8, 4) is 0 Å². The van der Waals surface area contributed by atoms with Crippen LogP contribution >= 0.6 is 11.3 Å². The fraction of sp³-hybridized carbons (Fsp3) is 0.654. The van der Waals surface area contributed by atoms with Gasteiger partial charge in [-0.1, -0.05) is 6.07 Å². The quantitative estimate of drug-likeness (QED) is 0.542. The van der Waals surface area contributed by atoms with Crippen LogP contribution < -0.4 is 5.32 Å². The van der Waals surface area contributed by atoms with Crippen molar-refractivity contribution in [1.29, 1.82) is 0 Å². The van der Waals surface area contributed by atoms with Crippen LogP contribution in [0.15, 0.2) is 18.3 Å². The van der Waals surface area contributed by atoms with E-state index in [1.54, 1.807) is 23.6 Å². The Hall–Kier alpha value is -2.00. The number of halogens is 3. The molecule has 1 aliphatic heterocycles. The normalized spacial score (nSPS) is 21.4. The molecule has 35 heavy (non-hydrogen) atoms. The molecule has 0 radical (unpaired) electrons. The van der Waals surface area contributed by atoms with Gasteiger partial charge in [-0.05, 0) is 76.0 Å². The highest BCUT2D eigenvalue weighted by Gasteiger charge is 2.27. The number of aryl methyl sites for hydroxylation is 2. The van der Waals surface area contributed by atoms with E-state index in [9.17, 15) is 18.0 Å². The summed E-state index contributed by atoms with van der Waals surface area (Å²) in [7, 11) is 0. The van der Waals surface area contributed by atoms with E-state index in [-0.39, 0.29) is 18.4 Å². The molecule has 2 aliphatic rings. The molecule has 0 unspecified atom stereocenters. The lowest BCUT2D eigenvalue weighted by molar-refractivity contribution is -0.134. The lowest BCUT2D eigenvalue weighted by atomic mass is 9.84. The summed E-state index contributed by atoms with van der Waals surface area (Å²) in [5, 5.41) is 4.19. The van der Waals surface area contributed by atoms with E-state index < -0.39 is 12.6 Å². The first-order chi connectivity index (χ1) is 16.7. The van der Waals surface area contributed by atoms with Crippen molar-refractivity contribution in [2.45, 2.75) is 83.4 Å². The Morgan fingerprint density at radius 2 is 1.94 bits per heavy atom. The van der Waals surface area contributed by atoms with Gasteiger partial charge in [0.05, 0.1) is 11.4 Å². The maximum atomic E-state index is 12.5. The summed E-state index contributed by atoms with van der Waals surface area (Å²) in [6, 6.07) is 4.01. The monoisotopic (exact) mass is 508 g/mol. The molecule has 5 nitrogen and oxygen atoms in total. The number of hydrogen-bond donors (Lipinski definition) is 1. The summed E-state index contributed by atoms with van der Waals surface area (Å²) in [5.41, 5.74) is 2.69. The van der Waals surface area contributed by atoms with Gasteiger partial charge in [-0.25, -0.2) is 4.98 Å². The smallest absolute Gasteiger partial charge is 0.353 e. The zero-order valence-electron chi connectivity index (χ0n) is 20.4. The number of nitrogens with one attached hydrogen (secondary N) is 1. The molecule has 0 atom stereocenters. The summed E-state index contributed by atoms with van der Waals surface area (Å²) >= 11 is 1.58. The average molecular weight is 509 g/mol. The number of thiazole rings is 1. The van der Waals surface area contributed by atoms with E-state index >= 15 is 0 Å². The summed E-state index contributed by atoms with van der Waals surface area (Å²) in [6.45, 7) is 4.87. The van der Waals surface area contributed by atoms with Gasteiger partial charge >= 0.3 is 6.18 Å². The molecular formula is C26H35F3N4OS. The van der Waals surface area contributed by atoms with Crippen molar-refractivity contribution in [3.63, 3.8) is 0 Å². The summed E-state index contributed by atoms with van der Waals surface area (Å²) < 4.78 is 37.6. The van der Waals surface area contributed by atoms with Crippen LogP contribution in [0.1, 0.15) is 65.4 Å². The molecule has 2 aromatic rings. The fourth-order valence-corrected chi connectivity index (χ4v) is 5.98. The number of alkyl halides is 3. The van der Waals surface area contributed by atoms with Gasteiger partial charge in [0.15, 0.2) is 0 Å². The zero-order chi connectivity index (χ0) is 24.8. The number of aromatic nitrogens is 2. The molecule has 1 aliphatic carbocycles. The maximum Gasteiger partial charge on any atom is 0.389 e. The first-order valence-corrected chi connectivity index (χ1v) is 13.5. The lowest BCUT2D eigenvalue weighted by Gasteiger charge is -2.30. The molecule has 4 rings (SSSR count). The predicted octanol–water partition coefficient (Wildman–Crippen LogP) is 5.05. The predicted molar refractivity (Wildman–Crippen MR) is 132 cm³/mol. The second-order valence-electron chi connectivity index (χ2n) is 9.96. The van der Waals surface area contributed by atoms with Crippen molar-refractivity contribution in [2.75, 3.05) is 19.6 Å². The standard InChI is InChI=1S/C26H35F3N4OS/c1-18-30-17-23(35-18)16-25(34)32-21-5-2-19(3-6-21)9-13-33-14-10-20-4-7-22(8-12-26(27,28)29)31-24(20)11-15-33/h4,7,17,19,21H,2-3,5-6,8-16H2,1H3,(H,32,34)/t19-,21-. The Balaban J connectivity index is 1.16. The van der Waals surface area contributed by atoms with Crippen molar-refractivity contribution in [1.82, 2.24) is 20.2 Å². The molecule has 0 saturated heterocycles. The minimum absolute atomic E-state index is 0.0471. The first-order valence-electron chi connectivity index (χ1n) is 12.7. The summed E-state index contributed by atoms with van der Waals surface area (Å²) in [6.07, 6.45) is 4.42. The van der Waals surface area contributed by atoms with Crippen LogP contribution in [0.5, 0.6) is 0 Å². The molecule has 3 heterocycles. The molecule has 1 amide bonds. The number of amides is 1. The Morgan fingerprint density at radius 1 is 1.17 bits per heavy atom.